The maximum Gasteiger partial charge on any atom is 0.134 e. The summed E-state index contributed by atoms with van der Waals surface area (Å²) < 4.78 is 1.13. The van der Waals surface area contributed by atoms with E-state index in [0.717, 1.165) is 13.8 Å². The van der Waals surface area contributed by atoms with Crippen molar-refractivity contribution in [3.05, 3.63) is 21.3 Å². The van der Waals surface area contributed by atoms with Crippen molar-refractivity contribution < 1.29 is 0 Å². The molecule has 12 heavy (non-hydrogen) atoms. The van der Waals surface area contributed by atoms with Crippen LogP contribution in [0.5, 0.6) is 0 Å². The Hall–Kier alpha value is 0.160. The number of thiophene rings is 1. The summed E-state index contributed by atoms with van der Waals surface area (Å²) in [5.41, 5.74) is 0. The zero-order chi connectivity index (χ0) is 8.55. The van der Waals surface area contributed by atoms with Gasteiger partial charge in [-0.3, -0.25) is 0 Å². The van der Waals surface area contributed by atoms with Crippen LogP contribution in [0.1, 0.15) is 0 Å². The highest BCUT2D eigenvalue weighted by molar-refractivity contribution is 9.11. The van der Waals surface area contributed by atoms with Crippen molar-refractivity contribution in [3.8, 4) is 9.88 Å². The van der Waals surface area contributed by atoms with Gasteiger partial charge < -0.3 is 0 Å². The van der Waals surface area contributed by atoms with Crippen molar-refractivity contribution in [1.29, 1.82) is 0 Å². The Labute approximate surface area is 92.0 Å². The van der Waals surface area contributed by atoms with Crippen molar-refractivity contribution in [2.75, 3.05) is 0 Å². The van der Waals surface area contributed by atoms with Crippen LogP contribution in [0.15, 0.2) is 26.3 Å². The minimum Gasteiger partial charge on any atom is -0.229 e. The number of thiol groups is 1. The first-order chi connectivity index (χ1) is 5.75. The van der Waals surface area contributed by atoms with E-state index in [1.54, 1.807) is 22.7 Å². The molecule has 62 valence electrons. The molecule has 0 bridgehead atoms. The molecule has 2 heterocycles. The molecule has 0 unspecified atom stereocenters. The van der Waals surface area contributed by atoms with Gasteiger partial charge in [0.1, 0.15) is 10.0 Å². The van der Waals surface area contributed by atoms with Gasteiger partial charge >= 0.3 is 0 Å². The van der Waals surface area contributed by atoms with Crippen molar-refractivity contribution in [2.24, 2.45) is 0 Å². The molecule has 0 saturated carbocycles. The predicted octanol–water partition coefficient (Wildman–Crippen LogP) is 3.92. The Morgan fingerprint density at radius 2 is 2.25 bits per heavy atom. The fraction of sp³-hybridized carbons (Fsp3) is 0. The van der Waals surface area contributed by atoms with Crippen molar-refractivity contribution in [1.82, 2.24) is 4.98 Å². The Bertz CT molecular complexity index is 355. The van der Waals surface area contributed by atoms with Crippen molar-refractivity contribution >= 4 is 51.2 Å². The molecule has 5 heteroatoms. The van der Waals surface area contributed by atoms with E-state index in [1.165, 1.54) is 4.88 Å². The SMILES string of the molecule is Sc1csc(-c2ccc(Br)s2)n1. The van der Waals surface area contributed by atoms with E-state index in [-0.39, 0.29) is 0 Å². The van der Waals surface area contributed by atoms with Crippen LogP contribution < -0.4 is 0 Å². The van der Waals surface area contributed by atoms with Crippen molar-refractivity contribution in [2.45, 2.75) is 5.03 Å². The highest BCUT2D eigenvalue weighted by Gasteiger charge is 2.04. The summed E-state index contributed by atoms with van der Waals surface area (Å²) >= 11 is 10.9. The first kappa shape index (κ1) is 8.74. The Balaban J connectivity index is 2.43. The van der Waals surface area contributed by atoms with Gasteiger partial charge in [-0.2, -0.15) is 0 Å². The van der Waals surface area contributed by atoms with Gasteiger partial charge in [0.25, 0.3) is 0 Å². The minimum absolute atomic E-state index is 0.791. The van der Waals surface area contributed by atoms with Crippen LogP contribution in [-0.2, 0) is 0 Å². The molecule has 2 rings (SSSR count). The largest absolute Gasteiger partial charge is 0.229 e. The van der Waals surface area contributed by atoms with E-state index in [0.29, 0.717) is 0 Å². The maximum atomic E-state index is 4.27. The van der Waals surface area contributed by atoms with Gasteiger partial charge in [-0.05, 0) is 28.1 Å². The summed E-state index contributed by atoms with van der Waals surface area (Å²) in [7, 11) is 0. The summed E-state index contributed by atoms with van der Waals surface area (Å²) in [6.07, 6.45) is 0. The lowest BCUT2D eigenvalue weighted by Crippen LogP contribution is -1.66. The molecule has 0 radical (unpaired) electrons. The second kappa shape index (κ2) is 3.49. The number of aromatic nitrogens is 1. The van der Waals surface area contributed by atoms with E-state index >= 15 is 0 Å². The summed E-state index contributed by atoms with van der Waals surface area (Å²) in [5.74, 6) is 0. The highest BCUT2D eigenvalue weighted by Crippen LogP contribution is 2.33. The molecule has 0 aliphatic rings. The first-order valence-electron chi connectivity index (χ1n) is 3.16. The smallest absolute Gasteiger partial charge is 0.134 e. The highest BCUT2D eigenvalue weighted by atomic mass is 79.9. The molecule has 0 aliphatic heterocycles. The molecule has 1 nitrogen and oxygen atoms in total. The van der Waals surface area contributed by atoms with Gasteiger partial charge in [0.15, 0.2) is 0 Å². The number of halogens is 1. The normalized spacial score (nSPS) is 10.5. The lowest BCUT2D eigenvalue weighted by atomic mass is 10.5. The molecular formula is C7H4BrNS3. The van der Waals surface area contributed by atoms with E-state index in [9.17, 15) is 0 Å². The quantitative estimate of drug-likeness (QED) is 0.780. The van der Waals surface area contributed by atoms with Crippen LogP contribution in [0.25, 0.3) is 9.88 Å². The third-order valence-corrected chi connectivity index (χ3v) is 4.31. The van der Waals surface area contributed by atoms with Crippen LogP contribution in [0.3, 0.4) is 0 Å². The Morgan fingerprint density at radius 3 is 2.75 bits per heavy atom. The summed E-state index contributed by atoms with van der Waals surface area (Å²) in [6.45, 7) is 0. The zero-order valence-electron chi connectivity index (χ0n) is 5.82. The third kappa shape index (κ3) is 1.74. The lowest BCUT2D eigenvalue weighted by molar-refractivity contribution is 1.22. The minimum atomic E-state index is 0.791. The van der Waals surface area contributed by atoms with Crippen LogP contribution in [0.2, 0.25) is 0 Å². The topological polar surface area (TPSA) is 12.9 Å². The van der Waals surface area contributed by atoms with Gasteiger partial charge in [0, 0.05) is 5.38 Å². The number of rotatable bonds is 1. The first-order valence-corrected chi connectivity index (χ1v) is 6.09. The summed E-state index contributed by atoms with van der Waals surface area (Å²) in [4.78, 5) is 5.45. The van der Waals surface area contributed by atoms with Crippen LogP contribution >= 0.6 is 51.2 Å². The molecule has 0 atom stereocenters. The summed E-state index contributed by atoms with van der Waals surface area (Å²) in [5, 5.41) is 3.77. The Kier molecular flexibility index (Phi) is 2.55. The lowest BCUT2D eigenvalue weighted by Gasteiger charge is -1.85. The molecular weight excluding hydrogens is 274 g/mol. The van der Waals surface area contributed by atoms with Gasteiger partial charge in [-0.1, -0.05) is 0 Å². The van der Waals surface area contributed by atoms with Gasteiger partial charge in [-0.25, -0.2) is 4.98 Å². The Morgan fingerprint density at radius 1 is 1.42 bits per heavy atom. The molecule has 2 aromatic rings. The maximum absolute atomic E-state index is 4.27. The van der Waals surface area contributed by atoms with Crippen molar-refractivity contribution in [3.63, 3.8) is 0 Å². The van der Waals surface area contributed by atoms with Crippen LogP contribution in [0.4, 0.5) is 0 Å². The molecule has 0 spiro atoms. The van der Waals surface area contributed by atoms with E-state index < -0.39 is 0 Å². The van der Waals surface area contributed by atoms with E-state index in [1.807, 2.05) is 11.4 Å². The van der Waals surface area contributed by atoms with E-state index in [4.69, 9.17) is 0 Å². The standard InChI is InChI=1S/C7H4BrNS3/c8-5-2-1-4(12-5)7-9-6(10)3-11-7/h1-3,10H. The zero-order valence-corrected chi connectivity index (χ0v) is 9.93. The number of hydrogen-bond acceptors (Lipinski definition) is 4. The van der Waals surface area contributed by atoms with Gasteiger partial charge in [-0.15, -0.1) is 35.3 Å². The monoisotopic (exact) mass is 277 g/mol. The van der Waals surface area contributed by atoms with E-state index in [2.05, 4.69) is 39.6 Å². The van der Waals surface area contributed by atoms with Gasteiger partial charge in [0.05, 0.1) is 8.66 Å². The average molecular weight is 278 g/mol. The summed E-state index contributed by atoms with van der Waals surface area (Å²) in [6, 6.07) is 4.08. The molecule has 0 aliphatic carbocycles. The molecule has 2 aromatic heterocycles. The molecule has 0 aromatic carbocycles. The molecule has 0 saturated heterocycles. The van der Waals surface area contributed by atoms with Gasteiger partial charge in [0.2, 0.25) is 0 Å². The molecule has 0 amide bonds. The predicted molar refractivity (Wildman–Crippen MR) is 60.4 cm³/mol. The van der Waals surface area contributed by atoms with Crippen LogP contribution in [-0.4, -0.2) is 4.98 Å². The fourth-order valence-corrected chi connectivity index (χ4v) is 3.28. The number of thiazole rings is 1. The second-order valence-electron chi connectivity index (χ2n) is 2.11. The van der Waals surface area contributed by atoms with Crippen LogP contribution in [0, 0.1) is 0 Å². The third-order valence-electron chi connectivity index (χ3n) is 1.28. The fourth-order valence-electron chi connectivity index (χ4n) is 0.808. The second-order valence-corrected chi connectivity index (χ2v) is 5.89. The molecule has 0 N–H and O–H groups in total. The number of hydrogen-bond donors (Lipinski definition) is 1. The molecule has 0 fully saturated rings. The number of nitrogens with zero attached hydrogens (tertiary/aromatic N) is 1. The average Bonchev–Trinajstić information content (AvgIpc) is 2.58.